The number of nitriles is 1. The van der Waals surface area contributed by atoms with E-state index < -0.39 is 6.04 Å². The lowest BCUT2D eigenvalue weighted by Gasteiger charge is -2.18. The van der Waals surface area contributed by atoms with Crippen LogP contribution in [0, 0.1) is 11.3 Å². The van der Waals surface area contributed by atoms with E-state index in [2.05, 4.69) is 21.7 Å². The average Bonchev–Trinajstić information content (AvgIpc) is 3.31. The van der Waals surface area contributed by atoms with Crippen LogP contribution < -0.4 is 10.6 Å². The fourth-order valence-corrected chi connectivity index (χ4v) is 4.00. The topological polar surface area (TPSA) is 97.8 Å². The molecular weight excluding hydrogens is 424 g/mol. The molecular formula is C28H26N4O2. The lowest BCUT2D eigenvalue weighted by Crippen LogP contribution is -2.30. The normalized spacial score (nSPS) is 11.6. The van der Waals surface area contributed by atoms with Gasteiger partial charge in [0.05, 0.1) is 17.7 Å². The fourth-order valence-electron chi connectivity index (χ4n) is 4.00. The van der Waals surface area contributed by atoms with Crippen LogP contribution in [-0.4, -0.2) is 29.8 Å². The van der Waals surface area contributed by atoms with Crippen LogP contribution in [0.5, 0.6) is 0 Å². The van der Waals surface area contributed by atoms with Crippen molar-refractivity contribution in [2.24, 2.45) is 0 Å². The molecule has 170 valence electrons. The maximum absolute atomic E-state index is 13.7. The van der Waals surface area contributed by atoms with Gasteiger partial charge < -0.3 is 15.6 Å². The first-order valence-electron chi connectivity index (χ1n) is 11.3. The summed E-state index contributed by atoms with van der Waals surface area (Å²) >= 11 is 0. The Labute approximate surface area is 198 Å². The van der Waals surface area contributed by atoms with Gasteiger partial charge in [-0.15, -0.1) is 0 Å². The van der Waals surface area contributed by atoms with Gasteiger partial charge in [0.1, 0.15) is 0 Å². The summed E-state index contributed by atoms with van der Waals surface area (Å²) in [4.78, 5) is 29.0. The van der Waals surface area contributed by atoms with E-state index in [-0.39, 0.29) is 11.7 Å². The molecule has 0 spiro atoms. The lowest BCUT2D eigenvalue weighted by atomic mass is 9.96. The van der Waals surface area contributed by atoms with Crippen molar-refractivity contribution in [3.63, 3.8) is 0 Å². The predicted octanol–water partition coefficient (Wildman–Crippen LogP) is 4.55. The summed E-state index contributed by atoms with van der Waals surface area (Å²) in [5.41, 5.74) is 4.49. The number of amides is 1. The smallest absolute Gasteiger partial charge is 0.251 e. The Morgan fingerprint density at radius 2 is 1.79 bits per heavy atom. The zero-order valence-corrected chi connectivity index (χ0v) is 19.0. The van der Waals surface area contributed by atoms with Gasteiger partial charge in [-0.05, 0) is 48.7 Å². The van der Waals surface area contributed by atoms with Gasteiger partial charge >= 0.3 is 0 Å². The third-order valence-electron chi connectivity index (χ3n) is 5.79. The number of benzene rings is 3. The minimum atomic E-state index is -0.512. The summed E-state index contributed by atoms with van der Waals surface area (Å²) in [6, 6.07) is 24.1. The zero-order chi connectivity index (χ0) is 23.9. The third-order valence-corrected chi connectivity index (χ3v) is 5.79. The maximum Gasteiger partial charge on any atom is 0.251 e. The molecule has 0 radical (unpaired) electrons. The van der Waals surface area contributed by atoms with Gasteiger partial charge in [-0.25, -0.2) is 0 Å². The van der Waals surface area contributed by atoms with Gasteiger partial charge in [-0.2, -0.15) is 5.26 Å². The van der Waals surface area contributed by atoms with E-state index in [9.17, 15) is 9.59 Å². The Bertz CT molecular complexity index is 1330. The Hall–Kier alpha value is -4.21. The molecule has 4 rings (SSSR count). The van der Waals surface area contributed by atoms with E-state index in [1.165, 1.54) is 0 Å². The molecule has 0 saturated heterocycles. The van der Waals surface area contributed by atoms with Crippen LogP contribution in [0.1, 0.15) is 50.4 Å². The Balaban J connectivity index is 1.56. The number of carbonyl (C=O) groups is 2. The van der Waals surface area contributed by atoms with E-state index in [4.69, 9.17) is 5.26 Å². The van der Waals surface area contributed by atoms with Gasteiger partial charge in [0.25, 0.3) is 5.91 Å². The summed E-state index contributed by atoms with van der Waals surface area (Å²) in [5, 5.41) is 16.0. The summed E-state index contributed by atoms with van der Waals surface area (Å²) in [5.74, 6) is -0.179. The van der Waals surface area contributed by atoms with Crippen LogP contribution in [0.3, 0.4) is 0 Å². The Morgan fingerprint density at radius 1 is 1.03 bits per heavy atom. The number of Topliss-reactive ketones (excluding diaryl/α,β-unsaturated/α-hetero) is 1. The van der Waals surface area contributed by atoms with Crippen LogP contribution in [0.25, 0.3) is 10.9 Å². The maximum atomic E-state index is 13.7. The molecule has 0 fully saturated rings. The SMILES string of the molecule is CCNC(=O)c1ccc2c(C(=O)C(NCCc3ccc(C#N)cc3)c3ccccc3)c[nH]c2c1. The second-order valence-electron chi connectivity index (χ2n) is 8.04. The van der Waals surface area contributed by atoms with Crippen molar-refractivity contribution in [1.29, 1.82) is 5.26 Å². The van der Waals surface area contributed by atoms with Crippen LogP contribution in [0.2, 0.25) is 0 Å². The molecule has 6 heteroatoms. The first-order valence-corrected chi connectivity index (χ1v) is 11.3. The van der Waals surface area contributed by atoms with Crippen molar-refractivity contribution in [3.8, 4) is 6.07 Å². The molecule has 34 heavy (non-hydrogen) atoms. The molecule has 0 aliphatic carbocycles. The molecule has 0 aliphatic rings. The van der Waals surface area contributed by atoms with Crippen LogP contribution in [0.15, 0.2) is 79.0 Å². The number of nitrogens with one attached hydrogen (secondary N) is 3. The van der Waals surface area contributed by atoms with E-state index >= 15 is 0 Å². The molecule has 1 heterocycles. The zero-order valence-electron chi connectivity index (χ0n) is 19.0. The van der Waals surface area contributed by atoms with E-state index in [0.717, 1.165) is 28.5 Å². The Kier molecular flexibility index (Phi) is 7.16. The van der Waals surface area contributed by atoms with Crippen molar-refractivity contribution < 1.29 is 9.59 Å². The molecule has 6 nitrogen and oxygen atoms in total. The highest BCUT2D eigenvalue weighted by Crippen LogP contribution is 2.26. The lowest BCUT2D eigenvalue weighted by molar-refractivity contribution is 0.0941. The molecule has 3 N–H and O–H groups in total. The summed E-state index contributed by atoms with van der Waals surface area (Å²) in [6.07, 6.45) is 2.44. The van der Waals surface area contributed by atoms with Gasteiger partial charge in [-0.3, -0.25) is 9.59 Å². The quantitative estimate of drug-likeness (QED) is 0.326. The molecule has 0 aliphatic heterocycles. The number of aromatic nitrogens is 1. The number of carbonyl (C=O) groups excluding carboxylic acids is 2. The average molecular weight is 451 g/mol. The highest BCUT2D eigenvalue weighted by Gasteiger charge is 2.24. The molecule has 1 unspecified atom stereocenters. The predicted molar refractivity (Wildman–Crippen MR) is 133 cm³/mol. The summed E-state index contributed by atoms with van der Waals surface area (Å²) in [7, 11) is 0. The first-order chi connectivity index (χ1) is 16.6. The van der Waals surface area contributed by atoms with Gasteiger partial charge in [0, 0.05) is 41.3 Å². The molecule has 0 saturated carbocycles. The number of hydrogen-bond donors (Lipinski definition) is 3. The van der Waals surface area contributed by atoms with Crippen molar-refractivity contribution in [2.45, 2.75) is 19.4 Å². The molecule has 4 aromatic rings. The second kappa shape index (κ2) is 10.6. The van der Waals surface area contributed by atoms with Crippen LogP contribution >= 0.6 is 0 Å². The van der Waals surface area contributed by atoms with E-state index in [0.29, 0.717) is 29.8 Å². The number of fused-ring (bicyclic) bond motifs is 1. The van der Waals surface area contributed by atoms with Crippen molar-refractivity contribution in [1.82, 2.24) is 15.6 Å². The van der Waals surface area contributed by atoms with Crippen LogP contribution in [-0.2, 0) is 6.42 Å². The number of aromatic amines is 1. The molecule has 1 aromatic heterocycles. The molecule has 1 amide bonds. The van der Waals surface area contributed by atoms with Gasteiger partial charge in [0.15, 0.2) is 5.78 Å². The number of H-pyrrole nitrogens is 1. The minimum absolute atomic E-state index is 0.0389. The molecule has 1 atom stereocenters. The van der Waals surface area contributed by atoms with Crippen molar-refractivity contribution in [3.05, 3.63) is 107 Å². The number of ketones is 1. The highest BCUT2D eigenvalue weighted by atomic mass is 16.1. The minimum Gasteiger partial charge on any atom is -0.360 e. The number of rotatable bonds is 9. The molecule has 0 bridgehead atoms. The van der Waals surface area contributed by atoms with Crippen molar-refractivity contribution >= 4 is 22.6 Å². The highest BCUT2D eigenvalue weighted by molar-refractivity contribution is 6.11. The fraction of sp³-hybridized carbons (Fsp3) is 0.179. The molecule has 3 aromatic carbocycles. The van der Waals surface area contributed by atoms with Gasteiger partial charge in [0.2, 0.25) is 0 Å². The standard InChI is InChI=1S/C28H26N4O2/c1-2-30-28(34)22-12-13-23-24(18-32-25(23)16-22)27(33)26(21-6-4-3-5-7-21)31-15-14-19-8-10-20(17-29)11-9-19/h3-13,16,18,26,31-32H,2,14-15H2,1H3,(H,30,34). The third kappa shape index (κ3) is 5.06. The van der Waals surface area contributed by atoms with Gasteiger partial charge in [-0.1, -0.05) is 48.5 Å². The Morgan fingerprint density at radius 3 is 2.50 bits per heavy atom. The van der Waals surface area contributed by atoms with E-state index in [1.807, 2.05) is 55.5 Å². The number of nitrogens with zero attached hydrogens (tertiary/aromatic N) is 1. The largest absolute Gasteiger partial charge is 0.360 e. The van der Waals surface area contributed by atoms with Crippen LogP contribution in [0.4, 0.5) is 0 Å². The number of hydrogen-bond acceptors (Lipinski definition) is 4. The van der Waals surface area contributed by atoms with Crippen molar-refractivity contribution in [2.75, 3.05) is 13.1 Å². The summed E-state index contributed by atoms with van der Waals surface area (Å²) < 4.78 is 0. The van der Waals surface area contributed by atoms with E-state index in [1.54, 1.807) is 30.5 Å². The summed E-state index contributed by atoms with van der Waals surface area (Å²) in [6.45, 7) is 3.03. The second-order valence-corrected chi connectivity index (χ2v) is 8.04. The first kappa shape index (κ1) is 23.0. The monoisotopic (exact) mass is 450 g/mol.